The van der Waals surface area contributed by atoms with Gasteiger partial charge in [-0.25, -0.2) is 0 Å². The van der Waals surface area contributed by atoms with Crippen LogP contribution in [0.1, 0.15) is 89.7 Å². The molecule has 0 aromatic heterocycles. The third-order valence-electron chi connectivity index (χ3n) is 6.46. The van der Waals surface area contributed by atoms with Crippen molar-refractivity contribution in [1.82, 2.24) is 4.90 Å². The number of hydrogen-bond donors (Lipinski definition) is 3. The summed E-state index contributed by atoms with van der Waals surface area (Å²) < 4.78 is 32.0. The zero-order valence-corrected chi connectivity index (χ0v) is 24.0. The van der Waals surface area contributed by atoms with E-state index in [0.717, 1.165) is 11.1 Å². The molecule has 0 saturated carbocycles. The van der Waals surface area contributed by atoms with Crippen molar-refractivity contribution in [2.75, 3.05) is 31.1 Å². The van der Waals surface area contributed by atoms with Crippen molar-refractivity contribution in [1.29, 1.82) is 0 Å². The molecule has 0 saturated heterocycles. The number of rotatable bonds is 14. The first-order valence-electron chi connectivity index (χ1n) is 13.5. The molecular weight excluding hydrogens is 470 g/mol. The Labute approximate surface area is 220 Å². The van der Waals surface area contributed by atoms with Crippen molar-refractivity contribution in [3.05, 3.63) is 41.5 Å². The van der Waals surface area contributed by atoms with Crippen molar-refractivity contribution in [2.24, 2.45) is 0 Å². The Hall–Kier alpha value is -2.09. The quantitative estimate of drug-likeness (QED) is 0.138. The fourth-order valence-electron chi connectivity index (χ4n) is 4.09. The molecule has 0 radical (unpaired) electrons. The minimum Gasteiger partial charge on any atom is -0.399 e. The highest BCUT2D eigenvalue weighted by atomic mass is 32.2. The van der Waals surface area contributed by atoms with Crippen molar-refractivity contribution in [3.63, 3.8) is 0 Å². The van der Waals surface area contributed by atoms with Gasteiger partial charge in [0.1, 0.15) is 4.90 Å². The molecule has 0 aliphatic carbocycles. The Balaban J connectivity index is 0.000000371. The highest BCUT2D eigenvalue weighted by Crippen LogP contribution is 2.31. The summed E-state index contributed by atoms with van der Waals surface area (Å²) in [5, 5.41) is 0. The van der Waals surface area contributed by atoms with Crippen LogP contribution in [0, 0.1) is 13.8 Å². The van der Waals surface area contributed by atoms with Crippen LogP contribution in [0.4, 0.5) is 11.4 Å². The maximum atomic E-state index is 11.4. The zero-order valence-electron chi connectivity index (χ0n) is 23.1. The molecule has 0 atom stereocenters. The van der Waals surface area contributed by atoms with Gasteiger partial charge in [0.2, 0.25) is 0 Å². The molecule has 0 aliphatic heterocycles. The average molecular weight is 520 g/mol. The number of hydrogen-bond acceptors (Lipinski definition) is 5. The molecule has 5 N–H and O–H groups in total. The van der Waals surface area contributed by atoms with Crippen molar-refractivity contribution in [3.8, 4) is 11.1 Å². The minimum atomic E-state index is -4.35. The van der Waals surface area contributed by atoms with Crippen LogP contribution in [0.2, 0.25) is 0 Å². The summed E-state index contributed by atoms with van der Waals surface area (Å²) in [4.78, 5) is 2.42. The van der Waals surface area contributed by atoms with Crippen LogP contribution in [-0.4, -0.2) is 37.5 Å². The van der Waals surface area contributed by atoms with Crippen molar-refractivity contribution in [2.45, 2.75) is 97.3 Å². The molecule has 0 spiro atoms. The Morgan fingerprint density at radius 3 is 1.61 bits per heavy atom. The van der Waals surface area contributed by atoms with E-state index in [1.807, 2.05) is 13.0 Å². The van der Waals surface area contributed by atoms with Crippen LogP contribution in [-0.2, 0) is 10.1 Å². The van der Waals surface area contributed by atoms with Gasteiger partial charge in [0, 0.05) is 5.69 Å². The number of nitrogens with zero attached hydrogens (tertiary/aromatic N) is 1. The van der Waals surface area contributed by atoms with Gasteiger partial charge in [0.15, 0.2) is 0 Å². The molecule has 6 nitrogen and oxygen atoms in total. The van der Waals surface area contributed by atoms with Crippen LogP contribution < -0.4 is 11.5 Å². The second-order valence-corrected chi connectivity index (χ2v) is 11.1. The fourth-order valence-corrected chi connectivity index (χ4v) is 4.81. The molecule has 0 fully saturated rings. The first-order valence-corrected chi connectivity index (χ1v) is 15.0. The van der Waals surface area contributed by atoms with Crippen LogP contribution in [0.5, 0.6) is 0 Å². The van der Waals surface area contributed by atoms with Crippen molar-refractivity contribution >= 4 is 21.5 Å². The maximum absolute atomic E-state index is 11.4. The van der Waals surface area contributed by atoms with Gasteiger partial charge in [-0.2, -0.15) is 8.42 Å². The molecule has 36 heavy (non-hydrogen) atoms. The number of anilines is 2. The van der Waals surface area contributed by atoms with E-state index in [4.69, 9.17) is 11.5 Å². The average Bonchev–Trinajstić information content (AvgIpc) is 2.82. The van der Waals surface area contributed by atoms with E-state index >= 15 is 0 Å². The molecule has 204 valence electrons. The van der Waals surface area contributed by atoms with Crippen LogP contribution in [0.3, 0.4) is 0 Å². The summed E-state index contributed by atoms with van der Waals surface area (Å²) in [6.07, 6.45) is 12.4. The third kappa shape index (κ3) is 11.3. The fraction of sp³-hybridized carbons (Fsp3) is 0.586. The van der Waals surface area contributed by atoms with Gasteiger partial charge in [-0.3, -0.25) is 4.55 Å². The normalized spacial score (nSPS) is 11.4. The second kappa shape index (κ2) is 16.6. The SMILES string of the molecule is CCCCCN(CCCCC)CCCCC.Cc1cc(-c2cc(C)c(N)c(S(=O)(=O)O)c2)ccc1N. The van der Waals surface area contributed by atoms with Gasteiger partial charge in [-0.1, -0.05) is 65.4 Å². The van der Waals surface area contributed by atoms with E-state index in [1.54, 1.807) is 25.1 Å². The third-order valence-corrected chi connectivity index (χ3v) is 7.36. The van der Waals surface area contributed by atoms with E-state index in [1.165, 1.54) is 83.5 Å². The highest BCUT2D eigenvalue weighted by Gasteiger charge is 2.17. The Morgan fingerprint density at radius 1 is 0.722 bits per heavy atom. The molecule has 2 aromatic carbocycles. The van der Waals surface area contributed by atoms with E-state index in [0.29, 0.717) is 16.8 Å². The molecular formula is C29H49N3O3S. The van der Waals surface area contributed by atoms with Gasteiger partial charge in [0.25, 0.3) is 10.1 Å². The largest absolute Gasteiger partial charge is 0.399 e. The monoisotopic (exact) mass is 519 g/mol. The molecule has 2 rings (SSSR count). The Bertz CT molecular complexity index is 999. The number of nitrogen functional groups attached to an aromatic ring is 2. The van der Waals surface area contributed by atoms with E-state index < -0.39 is 10.1 Å². The van der Waals surface area contributed by atoms with Gasteiger partial charge >= 0.3 is 0 Å². The second-order valence-electron chi connectivity index (χ2n) is 9.71. The lowest BCUT2D eigenvalue weighted by Gasteiger charge is -2.22. The lowest BCUT2D eigenvalue weighted by molar-refractivity contribution is 0.256. The predicted molar refractivity (Wildman–Crippen MR) is 155 cm³/mol. The molecule has 0 heterocycles. The Kier molecular flexibility index (Phi) is 14.7. The minimum absolute atomic E-state index is 0.0587. The van der Waals surface area contributed by atoms with Crippen LogP contribution in [0.25, 0.3) is 11.1 Å². The van der Waals surface area contributed by atoms with Gasteiger partial charge in [0.05, 0.1) is 5.69 Å². The zero-order chi connectivity index (χ0) is 27.1. The number of aryl methyl sites for hydroxylation is 2. The van der Waals surface area contributed by atoms with E-state index in [9.17, 15) is 13.0 Å². The standard InChI is InChI=1S/C15H33N.C14H16N2O3S/c1-4-7-10-13-16(14-11-8-5-2)15-12-9-6-3;1-8-5-10(3-4-12(8)15)11-6-9(2)14(16)13(7-11)20(17,18)19/h4-15H2,1-3H3;3-7H,15-16H2,1-2H3,(H,17,18,19). The van der Waals surface area contributed by atoms with Crippen molar-refractivity contribution < 1.29 is 13.0 Å². The summed E-state index contributed by atoms with van der Waals surface area (Å²) >= 11 is 0. The number of unbranched alkanes of at least 4 members (excludes halogenated alkanes) is 6. The van der Waals surface area contributed by atoms with E-state index in [2.05, 4.69) is 25.7 Å². The van der Waals surface area contributed by atoms with Gasteiger partial charge in [-0.15, -0.1) is 0 Å². The lowest BCUT2D eigenvalue weighted by atomic mass is 10.00. The first-order chi connectivity index (χ1) is 17.0. The summed E-state index contributed by atoms with van der Waals surface area (Å²) in [5.41, 5.74) is 15.1. The molecule has 0 unspecified atom stereocenters. The lowest BCUT2D eigenvalue weighted by Crippen LogP contribution is -2.27. The first kappa shape index (κ1) is 31.9. The molecule has 0 aliphatic rings. The summed E-state index contributed by atoms with van der Waals surface area (Å²) in [6.45, 7) is 14.4. The summed E-state index contributed by atoms with van der Waals surface area (Å²) in [6, 6.07) is 8.54. The molecule has 7 heteroatoms. The molecule has 0 amide bonds. The maximum Gasteiger partial charge on any atom is 0.296 e. The van der Waals surface area contributed by atoms with Gasteiger partial charge < -0.3 is 16.4 Å². The Morgan fingerprint density at radius 2 is 1.19 bits per heavy atom. The summed E-state index contributed by atoms with van der Waals surface area (Å²) in [5.74, 6) is 0. The number of benzene rings is 2. The predicted octanol–water partition coefficient (Wildman–Crippen LogP) is 7.24. The summed E-state index contributed by atoms with van der Waals surface area (Å²) in [7, 11) is -4.35. The molecule has 2 aromatic rings. The van der Waals surface area contributed by atoms with Crippen LogP contribution in [0.15, 0.2) is 35.2 Å². The van der Waals surface area contributed by atoms with Gasteiger partial charge in [-0.05, 0) is 99.3 Å². The van der Waals surface area contributed by atoms with Crippen LogP contribution >= 0.6 is 0 Å². The highest BCUT2D eigenvalue weighted by molar-refractivity contribution is 7.86. The smallest absolute Gasteiger partial charge is 0.296 e. The van der Waals surface area contributed by atoms with E-state index in [-0.39, 0.29) is 10.6 Å². The number of nitrogens with two attached hydrogens (primary N) is 2. The molecule has 0 bridgehead atoms. The topological polar surface area (TPSA) is 110 Å².